The summed E-state index contributed by atoms with van der Waals surface area (Å²) < 4.78 is 5.07. The van der Waals surface area contributed by atoms with Gasteiger partial charge in [-0.15, -0.1) is 0 Å². The average molecular weight is 267 g/mol. The first-order valence-electron chi connectivity index (χ1n) is 6.61. The largest absolute Gasteiger partial charge is 0.465 e. The topological polar surface area (TPSA) is 74.8 Å². The second kappa shape index (κ2) is 7.22. The van der Waals surface area contributed by atoms with Crippen LogP contribution in [0.25, 0.3) is 0 Å². The number of ether oxygens (including phenoxy) is 1. The fourth-order valence-electron chi connectivity index (χ4n) is 1.14. The molecule has 0 saturated carbocycles. The summed E-state index contributed by atoms with van der Waals surface area (Å²) >= 11 is 0. The van der Waals surface area contributed by atoms with E-state index in [-0.39, 0.29) is 17.4 Å². The van der Waals surface area contributed by atoms with Gasteiger partial charge in [0.1, 0.15) is 0 Å². The van der Waals surface area contributed by atoms with Crippen molar-refractivity contribution >= 4 is 5.97 Å². The molecule has 19 heavy (non-hydrogen) atoms. The van der Waals surface area contributed by atoms with Gasteiger partial charge in [0, 0.05) is 0 Å². The molecule has 0 heterocycles. The molecular formula is C14H25N3O2. The maximum absolute atomic E-state index is 11.3. The fourth-order valence-corrected chi connectivity index (χ4v) is 1.14. The van der Waals surface area contributed by atoms with Crippen LogP contribution in [0.15, 0.2) is 10.2 Å². The summed E-state index contributed by atoms with van der Waals surface area (Å²) in [4.78, 5) is 11.3. The average Bonchev–Trinajstić information content (AvgIpc) is 2.31. The number of hydrogen-bond donors (Lipinski definition) is 0. The lowest BCUT2D eigenvalue weighted by molar-refractivity contribution is -0.147. The van der Waals surface area contributed by atoms with Crippen molar-refractivity contribution in [1.29, 1.82) is 5.26 Å². The van der Waals surface area contributed by atoms with E-state index in [0.717, 1.165) is 0 Å². The summed E-state index contributed by atoms with van der Waals surface area (Å²) in [6.07, 6.45) is 1.13. The van der Waals surface area contributed by atoms with Crippen LogP contribution in [0.4, 0.5) is 0 Å². The lowest BCUT2D eigenvalue weighted by Crippen LogP contribution is -2.22. The molecule has 108 valence electrons. The van der Waals surface area contributed by atoms with Gasteiger partial charge in [-0.05, 0) is 40.5 Å². The Balaban J connectivity index is 4.24. The van der Waals surface area contributed by atoms with E-state index in [1.165, 1.54) is 0 Å². The minimum absolute atomic E-state index is 0.122. The SMILES string of the molecule is CC(C)C(=O)OCCCC(C)(C#N)/N=N/C(C)(C)C. The van der Waals surface area contributed by atoms with E-state index in [1.54, 1.807) is 20.8 Å². The molecule has 0 aliphatic carbocycles. The van der Waals surface area contributed by atoms with E-state index >= 15 is 0 Å². The highest BCUT2D eigenvalue weighted by Crippen LogP contribution is 2.20. The van der Waals surface area contributed by atoms with Crippen molar-refractivity contribution in [2.24, 2.45) is 16.1 Å². The van der Waals surface area contributed by atoms with Gasteiger partial charge in [0.05, 0.1) is 24.1 Å². The number of hydrogen-bond acceptors (Lipinski definition) is 5. The van der Waals surface area contributed by atoms with Crippen molar-refractivity contribution in [3.63, 3.8) is 0 Å². The molecule has 0 rings (SSSR count). The molecule has 0 aliphatic heterocycles. The maximum Gasteiger partial charge on any atom is 0.308 e. The van der Waals surface area contributed by atoms with Crippen molar-refractivity contribution in [3.8, 4) is 6.07 Å². The third-order valence-corrected chi connectivity index (χ3v) is 2.34. The third-order valence-electron chi connectivity index (χ3n) is 2.34. The summed E-state index contributed by atoms with van der Waals surface area (Å²) in [6.45, 7) is 11.4. The van der Waals surface area contributed by atoms with Crippen LogP contribution in [0.3, 0.4) is 0 Å². The maximum atomic E-state index is 11.3. The van der Waals surface area contributed by atoms with Crippen molar-refractivity contribution in [3.05, 3.63) is 0 Å². The van der Waals surface area contributed by atoms with E-state index in [2.05, 4.69) is 16.3 Å². The number of nitriles is 1. The molecule has 0 bridgehead atoms. The summed E-state index contributed by atoms with van der Waals surface area (Å²) in [6, 6.07) is 2.16. The molecule has 5 nitrogen and oxygen atoms in total. The van der Waals surface area contributed by atoms with Crippen molar-refractivity contribution < 1.29 is 9.53 Å². The minimum atomic E-state index is -0.850. The molecule has 0 aromatic heterocycles. The highest BCUT2D eigenvalue weighted by atomic mass is 16.5. The van der Waals surface area contributed by atoms with Gasteiger partial charge in [-0.1, -0.05) is 13.8 Å². The van der Waals surface area contributed by atoms with Crippen molar-refractivity contribution in [1.82, 2.24) is 0 Å². The smallest absolute Gasteiger partial charge is 0.308 e. The quantitative estimate of drug-likeness (QED) is 0.420. The van der Waals surface area contributed by atoms with Crippen LogP contribution in [0, 0.1) is 17.2 Å². The molecule has 1 unspecified atom stereocenters. The Morgan fingerprint density at radius 3 is 2.26 bits per heavy atom. The van der Waals surface area contributed by atoms with Crippen molar-refractivity contribution in [2.75, 3.05) is 6.61 Å². The van der Waals surface area contributed by atoms with Gasteiger partial charge in [-0.3, -0.25) is 4.79 Å². The zero-order valence-corrected chi connectivity index (χ0v) is 12.9. The normalized spacial score (nSPS) is 15.3. The fraction of sp³-hybridized carbons (Fsp3) is 0.857. The Labute approximate surface area is 116 Å². The molecule has 0 aliphatic rings. The Morgan fingerprint density at radius 1 is 1.26 bits per heavy atom. The molecule has 0 N–H and O–H groups in total. The zero-order valence-electron chi connectivity index (χ0n) is 12.9. The molecule has 0 aromatic rings. The molecule has 0 aromatic carbocycles. The molecule has 0 fully saturated rings. The second-order valence-corrected chi connectivity index (χ2v) is 6.18. The van der Waals surface area contributed by atoms with Crippen LogP contribution in [-0.4, -0.2) is 23.7 Å². The summed E-state index contributed by atoms with van der Waals surface area (Å²) in [5.74, 6) is -0.335. The molecule has 0 spiro atoms. The van der Waals surface area contributed by atoms with Crippen molar-refractivity contribution in [2.45, 2.75) is 65.5 Å². The van der Waals surface area contributed by atoms with Crippen LogP contribution in [0.1, 0.15) is 54.4 Å². The van der Waals surface area contributed by atoms with Gasteiger partial charge in [0.25, 0.3) is 0 Å². The van der Waals surface area contributed by atoms with E-state index < -0.39 is 5.54 Å². The molecule has 1 atom stereocenters. The predicted octanol–water partition coefficient (Wildman–Crippen LogP) is 3.50. The van der Waals surface area contributed by atoms with Gasteiger partial charge in [-0.25, -0.2) is 0 Å². The monoisotopic (exact) mass is 267 g/mol. The second-order valence-electron chi connectivity index (χ2n) is 6.18. The molecule has 0 radical (unpaired) electrons. The zero-order chi connectivity index (χ0) is 15.1. The van der Waals surface area contributed by atoms with Gasteiger partial charge in [-0.2, -0.15) is 15.5 Å². The van der Waals surface area contributed by atoms with Gasteiger partial charge in [0.2, 0.25) is 0 Å². The molecule has 0 saturated heterocycles. The number of rotatable bonds is 6. The number of azo groups is 1. The molecular weight excluding hydrogens is 242 g/mol. The predicted molar refractivity (Wildman–Crippen MR) is 73.7 cm³/mol. The van der Waals surface area contributed by atoms with E-state index in [0.29, 0.717) is 19.4 Å². The highest BCUT2D eigenvalue weighted by molar-refractivity contribution is 5.71. The Hall–Kier alpha value is -1.44. The summed E-state index contributed by atoms with van der Waals surface area (Å²) in [7, 11) is 0. The third kappa shape index (κ3) is 8.30. The van der Waals surface area contributed by atoms with E-state index in [1.807, 2.05) is 20.8 Å². The van der Waals surface area contributed by atoms with E-state index in [9.17, 15) is 4.79 Å². The van der Waals surface area contributed by atoms with Gasteiger partial charge < -0.3 is 4.74 Å². The molecule has 0 amide bonds. The Morgan fingerprint density at radius 2 is 1.84 bits per heavy atom. The standard InChI is InChI=1S/C14H25N3O2/c1-11(2)12(18)19-9-7-8-14(6,10-15)17-16-13(3,4)5/h11H,7-9H2,1-6H3/b17-16+. The molecule has 5 heteroatoms. The Bertz CT molecular complexity index is 364. The lowest BCUT2D eigenvalue weighted by Gasteiger charge is -2.18. The number of esters is 1. The number of carbonyl (C=O) groups is 1. The first kappa shape index (κ1) is 17.6. The first-order valence-corrected chi connectivity index (χ1v) is 6.61. The minimum Gasteiger partial charge on any atom is -0.465 e. The van der Waals surface area contributed by atoms with E-state index in [4.69, 9.17) is 10.00 Å². The van der Waals surface area contributed by atoms with Gasteiger partial charge in [0.15, 0.2) is 5.54 Å². The summed E-state index contributed by atoms with van der Waals surface area (Å²) in [5, 5.41) is 17.4. The lowest BCUT2D eigenvalue weighted by atomic mass is 9.99. The van der Waals surface area contributed by atoms with Crippen LogP contribution < -0.4 is 0 Å². The van der Waals surface area contributed by atoms with Gasteiger partial charge >= 0.3 is 5.97 Å². The van der Waals surface area contributed by atoms with Crippen LogP contribution in [0.5, 0.6) is 0 Å². The summed E-state index contributed by atoms with van der Waals surface area (Å²) in [5.41, 5.74) is -1.14. The Kier molecular flexibility index (Phi) is 6.68. The highest BCUT2D eigenvalue weighted by Gasteiger charge is 2.24. The number of nitrogens with zero attached hydrogens (tertiary/aromatic N) is 3. The van der Waals surface area contributed by atoms with Crippen LogP contribution in [-0.2, 0) is 9.53 Å². The first-order chi connectivity index (χ1) is 8.59. The van der Waals surface area contributed by atoms with Crippen LogP contribution >= 0.6 is 0 Å². The van der Waals surface area contributed by atoms with Crippen LogP contribution in [0.2, 0.25) is 0 Å². The number of carbonyl (C=O) groups excluding carboxylic acids is 1.